The Hall–Kier alpha value is -2.57. The van der Waals surface area contributed by atoms with Crippen molar-refractivity contribution in [1.29, 1.82) is 0 Å². The molecule has 6 nitrogen and oxygen atoms in total. The van der Waals surface area contributed by atoms with Crippen LogP contribution in [0.5, 0.6) is 11.5 Å². The highest BCUT2D eigenvalue weighted by Crippen LogP contribution is 2.40. The van der Waals surface area contributed by atoms with Crippen LogP contribution in [0.3, 0.4) is 0 Å². The Bertz CT molecular complexity index is 825. The topological polar surface area (TPSA) is 60.0 Å². The molecular weight excluding hydrogens is 368 g/mol. The smallest absolute Gasteiger partial charge is 0.246 e. The van der Waals surface area contributed by atoms with Crippen LogP contribution >= 0.6 is 0 Å². The van der Waals surface area contributed by atoms with E-state index in [9.17, 15) is 4.79 Å². The second-order valence-corrected chi connectivity index (χ2v) is 7.35. The molecule has 1 aliphatic rings. The van der Waals surface area contributed by atoms with E-state index in [0.717, 1.165) is 30.8 Å². The summed E-state index contributed by atoms with van der Waals surface area (Å²) in [5, 5.41) is 3.10. The Kier molecular flexibility index (Phi) is 7.12. The molecule has 156 valence electrons. The first-order valence-electron chi connectivity index (χ1n) is 9.88. The van der Waals surface area contributed by atoms with Gasteiger partial charge in [-0.1, -0.05) is 30.3 Å². The Balaban J connectivity index is 1.96. The number of carbonyl (C=O) groups excluding carboxylic acids is 1. The number of ether oxygens (including phenoxy) is 3. The lowest BCUT2D eigenvalue weighted by Crippen LogP contribution is -2.48. The minimum absolute atomic E-state index is 0.0135. The summed E-state index contributed by atoms with van der Waals surface area (Å²) >= 11 is 0. The van der Waals surface area contributed by atoms with E-state index in [1.165, 1.54) is 18.2 Å². The Labute approximate surface area is 172 Å². The third kappa shape index (κ3) is 4.89. The van der Waals surface area contributed by atoms with Gasteiger partial charge in [0.05, 0.1) is 20.3 Å². The van der Waals surface area contributed by atoms with Gasteiger partial charge in [0.2, 0.25) is 5.91 Å². The molecule has 2 aromatic carbocycles. The predicted octanol–water partition coefficient (Wildman–Crippen LogP) is 2.95. The standard InChI is InChI=1S/C23H30N2O4/c1-16(24-22(26)15-27-2)23-19-13-21(29-4)20(28-3)12-18(19)10-11-25(23)14-17-8-6-5-7-9-17/h5-9,12-13,16,23H,10-11,14-15H2,1-4H3,(H,24,26)/t16-,23+/m0/s1. The van der Waals surface area contributed by atoms with Gasteiger partial charge in [-0.05, 0) is 42.2 Å². The summed E-state index contributed by atoms with van der Waals surface area (Å²) in [5.41, 5.74) is 3.64. The quantitative estimate of drug-likeness (QED) is 0.741. The summed E-state index contributed by atoms with van der Waals surface area (Å²) in [5.74, 6) is 1.32. The highest BCUT2D eigenvalue weighted by atomic mass is 16.5. The molecule has 1 heterocycles. The van der Waals surface area contributed by atoms with Gasteiger partial charge in [0, 0.05) is 26.2 Å². The fraction of sp³-hybridized carbons (Fsp3) is 0.435. The van der Waals surface area contributed by atoms with Crippen molar-refractivity contribution in [2.75, 3.05) is 34.5 Å². The first-order valence-corrected chi connectivity index (χ1v) is 9.88. The molecule has 0 fully saturated rings. The largest absolute Gasteiger partial charge is 0.493 e. The predicted molar refractivity (Wildman–Crippen MR) is 112 cm³/mol. The van der Waals surface area contributed by atoms with E-state index < -0.39 is 0 Å². The van der Waals surface area contributed by atoms with Gasteiger partial charge in [-0.3, -0.25) is 9.69 Å². The van der Waals surface area contributed by atoms with Gasteiger partial charge in [-0.25, -0.2) is 0 Å². The molecule has 1 N–H and O–H groups in total. The molecule has 0 aromatic heterocycles. The number of methoxy groups -OCH3 is 3. The summed E-state index contributed by atoms with van der Waals surface area (Å²) in [6, 6.07) is 14.4. The lowest BCUT2D eigenvalue weighted by Gasteiger charge is -2.41. The van der Waals surface area contributed by atoms with Crippen LogP contribution in [0.15, 0.2) is 42.5 Å². The first kappa shape index (κ1) is 21.1. The fourth-order valence-corrected chi connectivity index (χ4v) is 4.12. The number of nitrogens with zero attached hydrogens (tertiary/aromatic N) is 1. The minimum Gasteiger partial charge on any atom is -0.493 e. The minimum atomic E-state index is -0.118. The Morgan fingerprint density at radius 2 is 1.83 bits per heavy atom. The number of benzene rings is 2. The molecule has 2 atom stereocenters. The zero-order valence-corrected chi connectivity index (χ0v) is 17.6. The first-order chi connectivity index (χ1) is 14.1. The molecule has 3 rings (SSSR count). The zero-order chi connectivity index (χ0) is 20.8. The van der Waals surface area contributed by atoms with Crippen molar-refractivity contribution in [3.8, 4) is 11.5 Å². The average Bonchev–Trinajstić information content (AvgIpc) is 2.73. The van der Waals surface area contributed by atoms with Gasteiger partial charge >= 0.3 is 0 Å². The molecule has 6 heteroatoms. The van der Waals surface area contributed by atoms with Crippen LogP contribution in [-0.4, -0.2) is 51.3 Å². The lowest BCUT2D eigenvalue weighted by molar-refractivity contribution is -0.125. The van der Waals surface area contributed by atoms with Crippen LogP contribution in [0.1, 0.15) is 29.7 Å². The maximum Gasteiger partial charge on any atom is 0.246 e. The van der Waals surface area contributed by atoms with Crippen molar-refractivity contribution in [1.82, 2.24) is 10.2 Å². The zero-order valence-electron chi connectivity index (χ0n) is 17.6. The number of fused-ring (bicyclic) bond motifs is 1. The second kappa shape index (κ2) is 9.76. The molecule has 0 spiro atoms. The van der Waals surface area contributed by atoms with E-state index in [4.69, 9.17) is 14.2 Å². The van der Waals surface area contributed by atoms with Crippen LogP contribution in [0.25, 0.3) is 0 Å². The molecule has 0 saturated carbocycles. The number of nitrogens with one attached hydrogen (secondary N) is 1. The second-order valence-electron chi connectivity index (χ2n) is 7.35. The maximum atomic E-state index is 12.2. The molecular formula is C23H30N2O4. The third-order valence-corrected chi connectivity index (χ3v) is 5.39. The van der Waals surface area contributed by atoms with Crippen molar-refractivity contribution in [2.45, 2.75) is 32.0 Å². The molecule has 1 amide bonds. The van der Waals surface area contributed by atoms with E-state index in [2.05, 4.69) is 46.6 Å². The van der Waals surface area contributed by atoms with E-state index in [0.29, 0.717) is 5.75 Å². The molecule has 0 unspecified atom stereocenters. The van der Waals surface area contributed by atoms with Crippen molar-refractivity contribution in [2.24, 2.45) is 0 Å². The van der Waals surface area contributed by atoms with Gasteiger partial charge < -0.3 is 19.5 Å². The molecule has 0 radical (unpaired) electrons. The molecule has 0 saturated heterocycles. The molecule has 29 heavy (non-hydrogen) atoms. The number of amides is 1. The van der Waals surface area contributed by atoms with Crippen LogP contribution in [-0.2, 0) is 22.5 Å². The molecule has 0 bridgehead atoms. The lowest BCUT2D eigenvalue weighted by atomic mass is 9.87. The molecule has 0 aliphatic carbocycles. The van der Waals surface area contributed by atoms with Gasteiger partial charge in [-0.2, -0.15) is 0 Å². The summed E-state index contributed by atoms with van der Waals surface area (Å²) in [4.78, 5) is 14.6. The van der Waals surface area contributed by atoms with Crippen LogP contribution < -0.4 is 14.8 Å². The summed E-state index contributed by atoms with van der Waals surface area (Å²) in [7, 11) is 4.83. The number of hydrogen-bond donors (Lipinski definition) is 1. The highest BCUT2D eigenvalue weighted by Gasteiger charge is 2.33. The fourth-order valence-electron chi connectivity index (χ4n) is 4.12. The number of rotatable bonds is 8. The Morgan fingerprint density at radius 1 is 1.14 bits per heavy atom. The van der Waals surface area contributed by atoms with E-state index >= 15 is 0 Å². The van der Waals surface area contributed by atoms with Gasteiger partial charge in [-0.15, -0.1) is 0 Å². The van der Waals surface area contributed by atoms with Crippen LogP contribution in [0, 0.1) is 0 Å². The van der Waals surface area contributed by atoms with E-state index in [1.54, 1.807) is 14.2 Å². The third-order valence-electron chi connectivity index (χ3n) is 5.39. The van der Waals surface area contributed by atoms with E-state index in [1.807, 2.05) is 13.0 Å². The normalized spacial score (nSPS) is 17.3. The van der Waals surface area contributed by atoms with Crippen LogP contribution in [0.2, 0.25) is 0 Å². The SMILES string of the molecule is COCC(=O)N[C@@H](C)[C@@H]1c2cc(OC)c(OC)cc2CCN1Cc1ccccc1. The van der Waals surface area contributed by atoms with Crippen LogP contribution in [0.4, 0.5) is 0 Å². The van der Waals surface area contributed by atoms with Crippen molar-refractivity contribution >= 4 is 5.91 Å². The summed E-state index contributed by atoms with van der Waals surface area (Å²) in [6.45, 7) is 3.80. The average molecular weight is 399 g/mol. The van der Waals surface area contributed by atoms with Crippen molar-refractivity contribution < 1.29 is 19.0 Å². The molecule has 2 aromatic rings. The van der Waals surface area contributed by atoms with Gasteiger partial charge in [0.25, 0.3) is 0 Å². The molecule has 1 aliphatic heterocycles. The number of hydrogen-bond acceptors (Lipinski definition) is 5. The monoisotopic (exact) mass is 398 g/mol. The number of carbonyl (C=O) groups is 1. The van der Waals surface area contributed by atoms with Crippen molar-refractivity contribution in [3.05, 3.63) is 59.2 Å². The van der Waals surface area contributed by atoms with Gasteiger partial charge in [0.15, 0.2) is 11.5 Å². The Morgan fingerprint density at radius 3 is 2.48 bits per heavy atom. The summed E-state index contributed by atoms with van der Waals surface area (Å²) in [6.07, 6.45) is 0.914. The highest BCUT2D eigenvalue weighted by molar-refractivity contribution is 5.77. The summed E-state index contributed by atoms with van der Waals surface area (Å²) < 4.78 is 16.0. The van der Waals surface area contributed by atoms with Crippen molar-refractivity contribution in [3.63, 3.8) is 0 Å². The van der Waals surface area contributed by atoms with Gasteiger partial charge in [0.1, 0.15) is 6.61 Å². The maximum absolute atomic E-state index is 12.2. The van der Waals surface area contributed by atoms with E-state index in [-0.39, 0.29) is 24.6 Å².